The van der Waals surface area contributed by atoms with Crippen molar-refractivity contribution >= 4 is 17.8 Å². The molecular formula is C14H12N4O2. The predicted octanol–water partition coefficient (Wildman–Crippen LogP) is 1.68. The summed E-state index contributed by atoms with van der Waals surface area (Å²) in [5.41, 5.74) is 3.91. The Kier molecular flexibility index (Phi) is 4.55. The van der Waals surface area contributed by atoms with Crippen LogP contribution in [0.15, 0.2) is 65.1 Å². The lowest BCUT2D eigenvalue weighted by Gasteiger charge is -2.02. The fourth-order valence-corrected chi connectivity index (χ4v) is 1.51. The van der Waals surface area contributed by atoms with Gasteiger partial charge in [-0.1, -0.05) is 35.5 Å². The highest BCUT2D eigenvalue weighted by atomic mass is 16.4. The molecule has 6 nitrogen and oxygen atoms in total. The first-order valence-electron chi connectivity index (χ1n) is 5.82. The van der Waals surface area contributed by atoms with Gasteiger partial charge in [0.05, 0.1) is 6.21 Å². The standard InChI is InChI=1S/C14H12N4O2/c19-14(12-6-8-15-9-7-12)18-17-13(10-16-20)11-4-2-1-3-5-11/h1-10,20H,(H,18,19)/b16-10-,17-13-. The summed E-state index contributed by atoms with van der Waals surface area (Å²) in [6, 6.07) is 12.2. The molecule has 2 N–H and O–H groups in total. The van der Waals surface area contributed by atoms with Gasteiger partial charge in [-0.25, -0.2) is 5.43 Å². The lowest BCUT2D eigenvalue weighted by Crippen LogP contribution is -2.20. The predicted molar refractivity (Wildman–Crippen MR) is 75.0 cm³/mol. The average molecular weight is 268 g/mol. The number of hydrogen-bond donors (Lipinski definition) is 2. The van der Waals surface area contributed by atoms with E-state index in [9.17, 15) is 4.79 Å². The number of hydrogen-bond acceptors (Lipinski definition) is 5. The molecule has 20 heavy (non-hydrogen) atoms. The zero-order chi connectivity index (χ0) is 14.2. The van der Waals surface area contributed by atoms with E-state index in [1.54, 1.807) is 24.3 Å². The molecule has 0 bridgehead atoms. The number of amides is 1. The van der Waals surface area contributed by atoms with Crippen molar-refractivity contribution in [1.29, 1.82) is 0 Å². The molecule has 1 amide bonds. The van der Waals surface area contributed by atoms with Gasteiger partial charge in [0.1, 0.15) is 5.71 Å². The summed E-state index contributed by atoms with van der Waals surface area (Å²) in [5.74, 6) is -0.368. The number of hydrazone groups is 1. The highest BCUT2D eigenvalue weighted by molar-refractivity contribution is 6.38. The van der Waals surface area contributed by atoms with Crippen molar-refractivity contribution in [3.8, 4) is 0 Å². The van der Waals surface area contributed by atoms with Crippen molar-refractivity contribution in [3.05, 3.63) is 66.0 Å². The third-order valence-corrected chi connectivity index (χ3v) is 2.47. The minimum atomic E-state index is -0.368. The van der Waals surface area contributed by atoms with Crippen molar-refractivity contribution in [2.24, 2.45) is 10.3 Å². The maximum atomic E-state index is 11.8. The van der Waals surface area contributed by atoms with Gasteiger partial charge in [-0.2, -0.15) is 5.10 Å². The minimum absolute atomic E-state index is 0.343. The smallest absolute Gasteiger partial charge is 0.271 e. The Morgan fingerprint density at radius 2 is 1.80 bits per heavy atom. The summed E-state index contributed by atoms with van der Waals surface area (Å²) in [6.07, 6.45) is 4.19. The van der Waals surface area contributed by atoms with E-state index in [1.165, 1.54) is 12.4 Å². The second-order valence-electron chi connectivity index (χ2n) is 3.78. The van der Waals surface area contributed by atoms with Crippen LogP contribution in [0.2, 0.25) is 0 Å². The molecular weight excluding hydrogens is 256 g/mol. The Bertz CT molecular complexity index is 624. The van der Waals surface area contributed by atoms with Gasteiger partial charge < -0.3 is 5.21 Å². The molecule has 0 saturated heterocycles. The number of carbonyl (C=O) groups excluding carboxylic acids is 1. The van der Waals surface area contributed by atoms with Crippen LogP contribution in [0.25, 0.3) is 0 Å². The largest absolute Gasteiger partial charge is 0.411 e. The molecule has 1 aromatic carbocycles. The van der Waals surface area contributed by atoms with E-state index in [4.69, 9.17) is 5.21 Å². The van der Waals surface area contributed by atoms with Gasteiger partial charge in [0, 0.05) is 23.5 Å². The van der Waals surface area contributed by atoms with Gasteiger partial charge in [-0.3, -0.25) is 9.78 Å². The van der Waals surface area contributed by atoms with Crippen LogP contribution in [0.1, 0.15) is 15.9 Å². The first-order valence-corrected chi connectivity index (χ1v) is 5.82. The fourth-order valence-electron chi connectivity index (χ4n) is 1.51. The molecule has 6 heteroatoms. The van der Waals surface area contributed by atoms with Crippen LogP contribution in [0, 0.1) is 0 Å². The van der Waals surface area contributed by atoms with Crippen LogP contribution in [0.5, 0.6) is 0 Å². The molecule has 100 valence electrons. The fraction of sp³-hybridized carbons (Fsp3) is 0. The van der Waals surface area contributed by atoms with Gasteiger partial charge in [-0.15, -0.1) is 0 Å². The molecule has 0 saturated carbocycles. The number of aromatic nitrogens is 1. The summed E-state index contributed by atoms with van der Waals surface area (Å²) in [7, 11) is 0. The van der Waals surface area contributed by atoms with E-state index in [0.29, 0.717) is 11.3 Å². The van der Waals surface area contributed by atoms with Crippen LogP contribution < -0.4 is 5.43 Å². The van der Waals surface area contributed by atoms with E-state index in [1.807, 2.05) is 18.2 Å². The molecule has 0 radical (unpaired) electrons. The molecule has 0 spiro atoms. The number of nitrogens with one attached hydrogen (secondary N) is 1. The van der Waals surface area contributed by atoms with Crippen molar-refractivity contribution in [1.82, 2.24) is 10.4 Å². The normalized spacial score (nSPS) is 11.5. The summed E-state index contributed by atoms with van der Waals surface area (Å²) < 4.78 is 0. The monoisotopic (exact) mass is 268 g/mol. The Labute approximate surface area is 115 Å². The maximum absolute atomic E-state index is 11.8. The topological polar surface area (TPSA) is 86.9 Å². The highest BCUT2D eigenvalue weighted by Crippen LogP contribution is 2.00. The van der Waals surface area contributed by atoms with Crippen molar-refractivity contribution in [2.45, 2.75) is 0 Å². The summed E-state index contributed by atoms with van der Waals surface area (Å²) in [5, 5.41) is 15.5. The molecule has 0 aliphatic heterocycles. The van der Waals surface area contributed by atoms with Crippen LogP contribution in [0.4, 0.5) is 0 Å². The third-order valence-electron chi connectivity index (χ3n) is 2.47. The molecule has 0 atom stereocenters. The third kappa shape index (κ3) is 3.49. The molecule has 1 aromatic heterocycles. The van der Waals surface area contributed by atoms with Crippen molar-refractivity contribution in [3.63, 3.8) is 0 Å². The second-order valence-corrected chi connectivity index (χ2v) is 3.78. The van der Waals surface area contributed by atoms with Crippen LogP contribution in [-0.2, 0) is 0 Å². The summed E-state index contributed by atoms with van der Waals surface area (Å²) in [4.78, 5) is 15.7. The summed E-state index contributed by atoms with van der Waals surface area (Å²) >= 11 is 0. The minimum Gasteiger partial charge on any atom is -0.411 e. The van der Waals surface area contributed by atoms with E-state index in [2.05, 4.69) is 20.7 Å². The van der Waals surface area contributed by atoms with Crippen molar-refractivity contribution in [2.75, 3.05) is 0 Å². The lowest BCUT2D eigenvalue weighted by molar-refractivity contribution is 0.0955. The lowest BCUT2D eigenvalue weighted by atomic mass is 10.1. The Hall–Kier alpha value is -3.02. The molecule has 2 aromatic rings. The molecule has 0 fully saturated rings. The molecule has 0 aliphatic rings. The number of oxime groups is 1. The first kappa shape index (κ1) is 13.4. The van der Waals surface area contributed by atoms with E-state index >= 15 is 0 Å². The molecule has 1 heterocycles. The van der Waals surface area contributed by atoms with Gasteiger partial charge >= 0.3 is 0 Å². The van der Waals surface area contributed by atoms with E-state index in [0.717, 1.165) is 11.8 Å². The van der Waals surface area contributed by atoms with Gasteiger partial charge in [0.25, 0.3) is 5.91 Å². The van der Waals surface area contributed by atoms with Gasteiger partial charge in [0.2, 0.25) is 0 Å². The average Bonchev–Trinajstić information content (AvgIpc) is 2.53. The quantitative estimate of drug-likeness (QED) is 0.502. The summed E-state index contributed by atoms with van der Waals surface area (Å²) in [6.45, 7) is 0. The molecule has 0 aliphatic carbocycles. The zero-order valence-corrected chi connectivity index (χ0v) is 10.5. The Morgan fingerprint density at radius 1 is 1.10 bits per heavy atom. The second kappa shape index (κ2) is 6.79. The van der Waals surface area contributed by atoms with Crippen LogP contribution >= 0.6 is 0 Å². The number of rotatable bonds is 4. The Morgan fingerprint density at radius 3 is 2.45 bits per heavy atom. The number of carbonyl (C=O) groups is 1. The first-order chi connectivity index (χ1) is 9.81. The van der Waals surface area contributed by atoms with E-state index in [-0.39, 0.29) is 5.91 Å². The van der Waals surface area contributed by atoms with Gasteiger partial charge in [-0.05, 0) is 12.1 Å². The van der Waals surface area contributed by atoms with Crippen LogP contribution in [-0.4, -0.2) is 28.0 Å². The van der Waals surface area contributed by atoms with Crippen LogP contribution in [0.3, 0.4) is 0 Å². The Balaban J connectivity index is 2.17. The SMILES string of the molecule is O=C(N/N=C(/C=N\O)c1ccccc1)c1ccncc1. The molecule has 2 rings (SSSR count). The highest BCUT2D eigenvalue weighted by Gasteiger charge is 2.05. The number of nitrogens with zero attached hydrogens (tertiary/aromatic N) is 3. The zero-order valence-electron chi connectivity index (χ0n) is 10.5. The van der Waals surface area contributed by atoms with Gasteiger partial charge in [0.15, 0.2) is 0 Å². The number of benzene rings is 1. The van der Waals surface area contributed by atoms with E-state index < -0.39 is 0 Å². The number of pyridine rings is 1. The molecule has 0 unspecified atom stereocenters. The maximum Gasteiger partial charge on any atom is 0.271 e. The van der Waals surface area contributed by atoms with Crippen molar-refractivity contribution < 1.29 is 10.0 Å².